The minimum Gasteiger partial charge on any atom is -0.385 e. The van der Waals surface area contributed by atoms with Gasteiger partial charge in [-0.25, -0.2) is 0 Å². The molecule has 19 heavy (non-hydrogen) atoms. The minimum absolute atomic E-state index is 0.230. The van der Waals surface area contributed by atoms with Crippen LogP contribution in [0.2, 0.25) is 0 Å². The molecular weight excluding hydrogens is 248 g/mol. The van der Waals surface area contributed by atoms with Crippen molar-refractivity contribution in [2.75, 3.05) is 45.8 Å². The van der Waals surface area contributed by atoms with Crippen LogP contribution in [-0.2, 0) is 9.47 Å². The lowest BCUT2D eigenvalue weighted by Crippen LogP contribution is -2.26. The Balaban J connectivity index is 2.35. The van der Waals surface area contributed by atoms with Crippen molar-refractivity contribution >= 4 is 11.7 Å². The monoisotopic (exact) mass is 268 g/mol. The van der Waals surface area contributed by atoms with Gasteiger partial charge in [0.25, 0.3) is 5.91 Å². The van der Waals surface area contributed by atoms with Crippen LogP contribution >= 0.6 is 0 Å². The number of nitrogens with zero attached hydrogens (tertiary/aromatic N) is 2. The van der Waals surface area contributed by atoms with E-state index in [1.807, 2.05) is 0 Å². The van der Waals surface area contributed by atoms with E-state index in [9.17, 15) is 4.79 Å². The summed E-state index contributed by atoms with van der Waals surface area (Å²) in [5.74, 6) is 0.389. The number of hydrogen-bond acceptors (Lipinski definition) is 6. The van der Waals surface area contributed by atoms with Crippen molar-refractivity contribution in [3.63, 3.8) is 0 Å². The molecular formula is C12H20N4O3. The highest BCUT2D eigenvalue weighted by Gasteiger charge is 2.07. The Kier molecular flexibility index (Phi) is 7.45. The normalized spacial score (nSPS) is 10.2. The van der Waals surface area contributed by atoms with Crippen LogP contribution in [0.3, 0.4) is 0 Å². The van der Waals surface area contributed by atoms with Gasteiger partial charge >= 0.3 is 0 Å². The van der Waals surface area contributed by atoms with E-state index < -0.39 is 0 Å². The minimum atomic E-state index is -0.230. The number of aromatic nitrogens is 2. The molecule has 0 aliphatic rings. The lowest BCUT2D eigenvalue weighted by molar-refractivity contribution is 0.0942. The summed E-state index contributed by atoms with van der Waals surface area (Å²) in [5, 5.41) is 13.5. The van der Waals surface area contributed by atoms with Crippen LogP contribution in [0, 0.1) is 0 Å². The maximum atomic E-state index is 11.7. The zero-order chi connectivity index (χ0) is 13.9. The molecule has 0 spiro atoms. The first-order valence-electron chi connectivity index (χ1n) is 6.11. The second-order valence-corrected chi connectivity index (χ2v) is 3.83. The van der Waals surface area contributed by atoms with Crippen LogP contribution in [-0.4, -0.2) is 56.6 Å². The van der Waals surface area contributed by atoms with E-state index in [2.05, 4.69) is 20.8 Å². The number of ether oxygens (including phenoxy) is 2. The smallest absolute Gasteiger partial charge is 0.271 e. The number of carbonyl (C=O) groups excluding carboxylic acids is 1. The zero-order valence-electron chi connectivity index (χ0n) is 11.3. The Labute approximate surface area is 112 Å². The molecule has 0 atom stereocenters. The molecule has 0 saturated heterocycles. The SMILES string of the molecule is COCCCNC(=O)c1ccc(NCCOC)nn1. The molecule has 1 heterocycles. The van der Waals surface area contributed by atoms with Gasteiger partial charge < -0.3 is 20.1 Å². The summed E-state index contributed by atoms with van der Waals surface area (Å²) in [6, 6.07) is 3.35. The first-order valence-corrected chi connectivity index (χ1v) is 6.11. The van der Waals surface area contributed by atoms with E-state index in [4.69, 9.17) is 9.47 Å². The van der Waals surface area contributed by atoms with Crippen molar-refractivity contribution < 1.29 is 14.3 Å². The third-order valence-electron chi connectivity index (χ3n) is 2.32. The van der Waals surface area contributed by atoms with Gasteiger partial charge in [-0.15, -0.1) is 10.2 Å². The molecule has 1 aromatic heterocycles. The Hall–Kier alpha value is -1.73. The first-order chi connectivity index (χ1) is 9.27. The Morgan fingerprint density at radius 1 is 1.16 bits per heavy atom. The molecule has 1 amide bonds. The average Bonchev–Trinajstić information content (AvgIpc) is 2.44. The maximum absolute atomic E-state index is 11.7. The van der Waals surface area contributed by atoms with Crippen molar-refractivity contribution in [1.29, 1.82) is 0 Å². The number of carbonyl (C=O) groups is 1. The van der Waals surface area contributed by atoms with E-state index in [1.165, 1.54) is 0 Å². The predicted molar refractivity (Wildman–Crippen MR) is 71.2 cm³/mol. The fourth-order valence-electron chi connectivity index (χ4n) is 1.34. The summed E-state index contributed by atoms with van der Waals surface area (Å²) in [7, 11) is 3.26. The van der Waals surface area contributed by atoms with E-state index in [0.29, 0.717) is 37.8 Å². The van der Waals surface area contributed by atoms with Gasteiger partial charge in [0, 0.05) is 33.9 Å². The van der Waals surface area contributed by atoms with Crippen molar-refractivity contribution in [3.05, 3.63) is 17.8 Å². The van der Waals surface area contributed by atoms with Crippen LogP contribution in [0.15, 0.2) is 12.1 Å². The molecule has 0 saturated carbocycles. The van der Waals surface area contributed by atoms with Crippen molar-refractivity contribution in [2.24, 2.45) is 0 Å². The third-order valence-corrected chi connectivity index (χ3v) is 2.32. The highest BCUT2D eigenvalue weighted by molar-refractivity contribution is 5.92. The molecule has 106 valence electrons. The summed E-state index contributed by atoms with van der Waals surface area (Å²) >= 11 is 0. The Morgan fingerprint density at radius 3 is 2.58 bits per heavy atom. The fourth-order valence-corrected chi connectivity index (χ4v) is 1.34. The highest BCUT2D eigenvalue weighted by Crippen LogP contribution is 2.01. The molecule has 0 bridgehead atoms. The van der Waals surface area contributed by atoms with Gasteiger partial charge in [-0.2, -0.15) is 0 Å². The molecule has 0 aromatic carbocycles. The number of rotatable bonds is 9. The van der Waals surface area contributed by atoms with Crippen LogP contribution in [0.1, 0.15) is 16.9 Å². The second-order valence-electron chi connectivity index (χ2n) is 3.83. The van der Waals surface area contributed by atoms with E-state index in [-0.39, 0.29) is 5.91 Å². The van der Waals surface area contributed by atoms with Gasteiger partial charge in [0.2, 0.25) is 0 Å². The van der Waals surface area contributed by atoms with Crippen LogP contribution in [0.25, 0.3) is 0 Å². The fraction of sp³-hybridized carbons (Fsp3) is 0.583. The van der Waals surface area contributed by atoms with Crippen LogP contribution in [0.5, 0.6) is 0 Å². The molecule has 0 aliphatic heterocycles. The topological polar surface area (TPSA) is 85.4 Å². The molecule has 1 rings (SSSR count). The molecule has 0 aliphatic carbocycles. The summed E-state index contributed by atoms with van der Waals surface area (Å²) < 4.78 is 9.80. The lowest BCUT2D eigenvalue weighted by atomic mass is 10.3. The maximum Gasteiger partial charge on any atom is 0.271 e. The third kappa shape index (κ3) is 6.12. The van der Waals surface area contributed by atoms with E-state index in [0.717, 1.165) is 6.42 Å². The van der Waals surface area contributed by atoms with E-state index >= 15 is 0 Å². The molecule has 0 radical (unpaired) electrons. The van der Waals surface area contributed by atoms with Crippen LogP contribution in [0.4, 0.5) is 5.82 Å². The molecule has 7 nitrogen and oxygen atoms in total. The number of hydrogen-bond donors (Lipinski definition) is 2. The van der Waals surface area contributed by atoms with Gasteiger partial charge in [0.1, 0.15) is 5.82 Å². The molecule has 7 heteroatoms. The summed E-state index contributed by atoms with van der Waals surface area (Å²) in [6.45, 7) is 2.41. The number of amides is 1. The van der Waals surface area contributed by atoms with Crippen LogP contribution < -0.4 is 10.6 Å². The number of nitrogens with one attached hydrogen (secondary N) is 2. The largest absolute Gasteiger partial charge is 0.385 e. The molecule has 1 aromatic rings. The number of methoxy groups -OCH3 is 2. The summed E-state index contributed by atoms with van der Waals surface area (Å²) in [5.41, 5.74) is 0.301. The quantitative estimate of drug-likeness (QED) is 0.627. The number of anilines is 1. The van der Waals surface area contributed by atoms with E-state index in [1.54, 1.807) is 26.4 Å². The molecule has 0 unspecified atom stereocenters. The van der Waals surface area contributed by atoms with Gasteiger partial charge in [-0.3, -0.25) is 4.79 Å². The predicted octanol–water partition coefficient (Wildman–Crippen LogP) is 0.301. The average molecular weight is 268 g/mol. The zero-order valence-corrected chi connectivity index (χ0v) is 11.3. The summed E-state index contributed by atoms with van der Waals surface area (Å²) in [4.78, 5) is 11.7. The van der Waals surface area contributed by atoms with Crippen molar-refractivity contribution in [1.82, 2.24) is 15.5 Å². The molecule has 0 fully saturated rings. The standard InChI is InChI=1S/C12H20N4O3/c1-18-8-3-6-14-12(17)10-4-5-11(16-15-10)13-7-9-19-2/h4-5H,3,6-9H2,1-2H3,(H,13,16)(H,14,17). The van der Waals surface area contributed by atoms with Gasteiger partial charge in [0.15, 0.2) is 5.69 Å². The lowest BCUT2D eigenvalue weighted by Gasteiger charge is -2.06. The first kappa shape index (κ1) is 15.3. The van der Waals surface area contributed by atoms with Crippen molar-refractivity contribution in [3.8, 4) is 0 Å². The Bertz CT molecular complexity index is 370. The van der Waals surface area contributed by atoms with Crippen molar-refractivity contribution in [2.45, 2.75) is 6.42 Å². The summed E-state index contributed by atoms with van der Waals surface area (Å²) in [6.07, 6.45) is 0.770. The van der Waals surface area contributed by atoms with Gasteiger partial charge in [-0.05, 0) is 18.6 Å². The second kappa shape index (κ2) is 9.23. The molecule has 2 N–H and O–H groups in total. The Morgan fingerprint density at radius 2 is 1.95 bits per heavy atom. The van der Waals surface area contributed by atoms with Gasteiger partial charge in [-0.1, -0.05) is 0 Å². The highest BCUT2D eigenvalue weighted by atomic mass is 16.5. The van der Waals surface area contributed by atoms with Gasteiger partial charge in [0.05, 0.1) is 6.61 Å².